The summed E-state index contributed by atoms with van der Waals surface area (Å²) in [5.74, 6) is 0.803. The second kappa shape index (κ2) is 3.61. The summed E-state index contributed by atoms with van der Waals surface area (Å²) in [6.07, 6.45) is 8.90. The van der Waals surface area contributed by atoms with Crippen molar-refractivity contribution in [3.63, 3.8) is 0 Å². The van der Waals surface area contributed by atoms with Crippen molar-refractivity contribution in [1.82, 2.24) is 5.32 Å². The first-order chi connectivity index (χ1) is 6.23. The van der Waals surface area contributed by atoms with Gasteiger partial charge in [0.1, 0.15) is 0 Å². The van der Waals surface area contributed by atoms with Gasteiger partial charge < -0.3 is 5.32 Å². The van der Waals surface area contributed by atoms with E-state index in [1.54, 1.807) is 0 Å². The summed E-state index contributed by atoms with van der Waals surface area (Å²) >= 11 is 0. The maximum Gasteiger partial charge on any atom is 0.0124 e. The molecule has 0 amide bonds. The van der Waals surface area contributed by atoms with Gasteiger partial charge in [0, 0.05) is 6.04 Å². The number of rotatable bonds is 3. The van der Waals surface area contributed by atoms with Gasteiger partial charge in [-0.2, -0.15) is 0 Å². The predicted molar refractivity (Wildman–Crippen MR) is 56.8 cm³/mol. The van der Waals surface area contributed by atoms with Crippen molar-refractivity contribution in [2.75, 3.05) is 6.54 Å². The highest BCUT2D eigenvalue weighted by Crippen LogP contribution is 2.53. The Hall–Kier alpha value is -0.0400. The molecule has 2 rings (SSSR count). The van der Waals surface area contributed by atoms with Gasteiger partial charge in [-0.05, 0) is 43.6 Å². The molecule has 1 N–H and O–H groups in total. The van der Waals surface area contributed by atoms with Crippen molar-refractivity contribution < 1.29 is 0 Å². The fourth-order valence-corrected chi connectivity index (χ4v) is 3.06. The summed E-state index contributed by atoms with van der Waals surface area (Å²) in [7, 11) is 0. The molecule has 0 aromatic heterocycles. The molecule has 2 fully saturated rings. The first-order valence-electron chi connectivity index (χ1n) is 5.96. The molecule has 0 aromatic rings. The molecule has 1 heteroatoms. The monoisotopic (exact) mass is 181 g/mol. The summed E-state index contributed by atoms with van der Waals surface area (Å²) in [5, 5.41) is 3.77. The lowest BCUT2D eigenvalue weighted by Gasteiger charge is -2.44. The average molecular weight is 181 g/mol. The molecule has 2 saturated carbocycles. The molecule has 1 spiro atoms. The minimum Gasteiger partial charge on any atom is -0.313 e. The minimum atomic E-state index is 0.759. The minimum absolute atomic E-state index is 0.759. The third kappa shape index (κ3) is 1.76. The maximum absolute atomic E-state index is 3.77. The quantitative estimate of drug-likeness (QED) is 0.706. The summed E-state index contributed by atoms with van der Waals surface area (Å²) in [6, 6.07) is 0.864. The molecule has 76 valence electrons. The van der Waals surface area contributed by atoms with E-state index < -0.39 is 0 Å². The number of hydrogen-bond donors (Lipinski definition) is 1. The van der Waals surface area contributed by atoms with E-state index in [2.05, 4.69) is 19.2 Å². The van der Waals surface area contributed by atoms with Crippen molar-refractivity contribution in [3.05, 3.63) is 0 Å². The maximum atomic E-state index is 3.77. The Morgan fingerprint density at radius 1 is 1.23 bits per heavy atom. The van der Waals surface area contributed by atoms with Crippen LogP contribution in [0.25, 0.3) is 0 Å². The first-order valence-corrected chi connectivity index (χ1v) is 5.96. The van der Waals surface area contributed by atoms with Crippen molar-refractivity contribution in [2.45, 2.75) is 58.4 Å². The highest BCUT2D eigenvalue weighted by atomic mass is 14.9. The predicted octanol–water partition coefficient (Wildman–Crippen LogP) is 2.95. The van der Waals surface area contributed by atoms with Gasteiger partial charge in [0.2, 0.25) is 0 Å². The molecule has 0 aliphatic heterocycles. The Labute approximate surface area is 82.3 Å². The largest absolute Gasteiger partial charge is 0.313 e. The zero-order chi connectivity index (χ0) is 9.31. The highest BCUT2D eigenvalue weighted by Gasteiger charge is 2.46. The molecule has 0 heterocycles. The first kappa shape index (κ1) is 9.51. The molecule has 1 nitrogen and oxygen atoms in total. The summed E-state index contributed by atoms with van der Waals surface area (Å²) in [6.45, 7) is 5.82. The Morgan fingerprint density at radius 3 is 2.46 bits per heavy atom. The normalized spacial score (nSPS) is 31.2. The van der Waals surface area contributed by atoms with Crippen LogP contribution in [0.1, 0.15) is 52.4 Å². The summed E-state index contributed by atoms with van der Waals surface area (Å²) < 4.78 is 0. The van der Waals surface area contributed by atoms with Crippen LogP contribution >= 0.6 is 0 Å². The van der Waals surface area contributed by atoms with Gasteiger partial charge in [-0.3, -0.25) is 0 Å². The second-order valence-corrected chi connectivity index (χ2v) is 5.46. The Morgan fingerprint density at radius 2 is 1.92 bits per heavy atom. The van der Waals surface area contributed by atoms with E-state index in [-0.39, 0.29) is 0 Å². The Balaban J connectivity index is 1.84. The van der Waals surface area contributed by atoms with E-state index in [9.17, 15) is 0 Å². The third-order valence-electron chi connectivity index (χ3n) is 4.03. The van der Waals surface area contributed by atoms with E-state index in [0.717, 1.165) is 17.4 Å². The van der Waals surface area contributed by atoms with Gasteiger partial charge in [-0.25, -0.2) is 0 Å². The van der Waals surface area contributed by atoms with Crippen LogP contribution in [-0.4, -0.2) is 12.6 Å². The molecular formula is C12H23N. The van der Waals surface area contributed by atoms with Crippen LogP contribution in [0.15, 0.2) is 0 Å². The smallest absolute Gasteiger partial charge is 0.0124 e. The van der Waals surface area contributed by atoms with Gasteiger partial charge in [0.15, 0.2) is 0 Å². The lowest BCUT2D eigenvalue weighted by atomic mass is 9.65. The molecule has 1 unspecified atom stereocenters. The van der Waals surface area contributed by atoms with Crippen LogP contribution in [0.3, 0.4) is 0 Å². The van der Waals surface area contributed by atoms with Crippen LogP contribution < -0.4 is 5.32 Å². The highest BCUT2D eigenvalue weighted by molar-refractivity contribution is 5.01. The average Bonchev–Trinajstić information content (AvgIpc) is 2.42. The molecule has 0 radical (unpaired) electrons. The van der Waals surface area contributed by atoms with Gasteiger partial charge >= 0.3 is 0 Å². The van der Waals surface area contributed by atoms with E-state index >= 15 is 0 Å². The van der Waals surface area contributed by atoms with Crippen LogP contribution in [0.4, 0.5) is 0 Å². The van der Waals surface area contributed by atoms with Crippen molar-refractivity contribution >= 4 is 0 Å². The lowest BCUT2D eigenvalue weighted by Crippen LogP contribution is -2.46. The standard InChI is InChI=1S/C12H23N/c1-10(2)9-13-11-5-3-6-12(11)7-4-8-12/h10-11,13H,3-9H2,1-2H3. The molecular weight excluding hydrogens is 158 g/mol. The van der Waals surface area contributed by atoms with Gasteiger partial charge in [-0.1, -0.05) is 26.7 Å². The summed E-state index contributed by atoms with van der Waals surface area (Å²) in [4.78, 5) is 0. The Bertz CT molecular complexity index is 170. The van der Waals surface area contributed by atoms with E-state index in [4.69, 9.17) is 0 Å². The second-order valence-electron chi connectivity index (χ2n) is 5.46. The van der Waals surface area contributed by atoms with Gasteiger partial charge in [-0.15, -0.1) is 0 Å². The van der Waals surface area contributed by atoms with Crippen molar-refractivity contribution in [1.29, 1.82) is 0 Å². The van der Waals surface area contributed by atoms with Crippen molar-refractivity contribution in [2.24, 2.45) is 11.3 Å². The van der Waals surface area contributed by atoms with Gasteiger partial charge in [0.25, 0.3) is 0 Å². The fraction of sp³-hybridized carbons (Fsp3) is 1.00. The van der Waals surface area contributed by atoms with Crippen LogP contribution in [0, 0.1) is 11.3 Å². The number of nitrogens with one attached hydrogen (secondary N) is 1. The number of hydrogen-bond acceptors (Lipinski definition) is 1. The molecule has 13 heavy (non-hydrogen) atoms. The fourth-order valence-electron chi connectivity index (χ4n) is 3.06. The molecule has 0 saturated heterocycles. The van der Waals surface area contributed by atoms with Crippen molar-refractivity contribution in [3.8, 4) is 0 Å². The van der Waals surface area contributed by atoms with Crippen LogP contribution in [0.5, 0.6) is 0 Å². The third-order valence-corrected chi connectivity index (χ3v) is 4.03. The van der Waals surface area contributed by atoms with E-state index in [1.807, 2.05) is 0 Å². The topological polar surface area (TPSA) is 12.0 Å². The zero-order valence-corrected chi connectivity index (χ0v) is 9.10. The zero-order valence-electron chi connectivity index (χ0n) is 9.10. The van der Waals surface area contributed by atoms with Gasteiger partial charge in [0.05, 0.1) is 0 Å². The van der Waals surface area contributed by atoms with Crippen LogP contribution in [-0.2, 0) is 0 Å². The molecule has 0 aromatic carbocycles. The summed E-state index contributed by atoms with van der Waals surface area (Å²) in [5.41, 5.74) is 0.759. The molecule has 0 bridgehead atoms. The molecule has 1 atom stereocenters. The Kier molecular flexibility index (Phi) is 2.64. The van der Waals surface area contributed by atoms with Crippen LogP contribution in [0.2, 0.25) is 0 Å². The van der Waals surface area contributed by atoms with E-state index in [1.165, 1.54) is 45.1 Å². The van der Waals surface area contributed by atoms with E-state index in [0.29, 0.717) is 0 Å². The molecule has 2 aliphatic rings. The SMILES string of the molecule is CC(C)CNC1CCCC12CCC2. The lowest BCUT2D eigenvalue weighted by molar-refractivity contribution is 0.0993. The molecule has 2 aliphatic carbocycles.